The molecule has 0 unspecified atom stereocenters. The van der Waals surface area contributed by atoms with Crippen molar-refractivity contribution in [1.29, 1.82) is 0 Å². The van der Waals surface area contributed by atoms with Gasteiger partial charge in [0.25, 0.3) is 5.91 Å². The van der Waals surface area contributed by atoms with Crippen LogP contribution in [0, 0.1) is 13.8 Å². The smallest absolute Gasteiger partial charge is 0.254 e. The Bertz CT molecular complexity index is 603. The Morgan fingerprint density at radius 1 is 1.43 bits per heavy atom. The monoisotopic (exact) mass is 306 g/mol. The van der Waals surface area contributed by atoms with E-state index < -0.39 is 0 Å². The highest BCUT2D eigenvalue weighted by Crippen LogP contribution is 2.10. The lowest BCUT2D eigenvalue weighted by Gasteiger charge is -2.03. The van der Waals surface area contributed by atoms with E-state index in [4.69, 9.17) is 0 Å². The average Bonchev–Trinajstić information content (AvgIpc) is 3.01. The summed E-state index contributed by atoms with van der Waals surface area (Å²) in [6.45, 7) is 7.47. The van der Waals surface area contributed by atoms with Gasteiger partial charge in [-0.1, -0.05) is 6.92 Å². The van der Waals surface area contributed by atoms with Crippen LogP contribution in [0.5, 0.6) is 0 Å². The predicted octanol–water partition coefficient (Wildman–Crippen LogP) is 2.73. The van der Waals surface area contributed by atoms with E-state index in [1.165, 1.54) is 0 Å². The molecule has 0 fully saturated rings. The lowest BCUT2D eigenvalue weighted by Crippen LogP contribution is -2.25. The maximum Gasteiger partial charge on any atom is 0.254 e. The van der Waals surface area contributed by atoms with Crippen LogP contribution in [0.3, 0.4) is 0 Å². The van der Waals surface area contributed by atoms with Crippen molar-refractivity contribution in [2.24, 2.45) is 0 Å². The molecule has 2 heterocycles. The Morgan fingerprint density at radius 2 is 2.24 bits per heavy atom. The summed E-state index contributed by atoms with van der Waals surface area (Å²) < 4.78 is 1.84. The zero-order valence-corrected chi connectivity index (χ0v) is 13.7. The molecule has 6 heteroatoms. The molecule has 2 rings (SSSR count). The van der Waals surface area contributed by atoms with Crippen LogP contribution < -0.4 is 5.32 Å². The standard InChI is InChI=1S/C15H22N4OS/c1-4-8-19-9-13(12(3)18-19)15(20)16-7-5-6-14-17-11(2)10-21-14/h9-10H,4-8H2,1-3H3,(H,16,20). The molecular formula is C15H22N4OS. The molecule has 0 spiro atoms. The Labute approximate surface area is 129 Å². The van der Waals surface area contributed by atoms with Crippen LogP contribution in [0.1, 0.15) is 46.5 Å². The molecule has 0 aliphatic carbocycles. The van der Waals surface area contributed by atoms with Crippen LogP contribution in [0.4, 0.5) is 0 Å². The molecule has 2 aromatic rings. The molecule has 0 aliphatic rings. The highest BCUT2D eigenvalue weighted by Gasteiger charge is 2.12. The second kappa shape index (κ2) is 7.36. The highest BCUT2D eigenvalue weighted by atomic mass is 32.1. The summed E-state index contributed by atoms with van der Waals surface area (Å²) in [6, 6.07) is 0. The van der Waals surface area contributed by atoms with Crippen molar-refractivity contribution in [2.45, 2.75) is 46.6 Å². The Morgan fingerprint density at radius 3 is 2.90 bits per heavy atom. The van der Waals surface area contributed by atoms with Crippen molar-refractivity contribution in [2.75, 3.05) is 6.54 Å². The van der Waals surface area contributed by atoms with Gasteiger partial charge in [0.2, 0.25) is 0 Å². The summed E-state index contributed by atoms with van der Waals surface area (Å²) in [6.07, 6.45) is 4.65. The van der Waals surface area contributed by atoms with Gasteiger partial charge in [-0.15, -0.1) is 11.3 Å². The summed E-state index contributed by atoms with van der Waals surface area (Å²) in [4.78, 5) is 16.5. The third kappa shape index (κ3) is 4.39. The van der Waals surface area contributed by atoms with Crippen LogP contribution >= 0.6 is 11.3 Å². The predicted molar refractivity (Wildman–Crippen MR) is 84.8 cm³/mol. The summed E-state index contributed by atoms with van der Waals surface area (Å²) in [5.41, 5.74) is 2.53. The topological polar surface area (TPSA) is 59.8 Å². The molecule has 0 bridgehead atoms. The Kier molecular flexibility index (Phi) is 5.50. The van der Waals surface area contributed by atoms with Crippen molar-refractivity contribution in [1.82, 2.24) is 20.1 Å². The van der Waals surface area contributed by atoms with Gasteiger partial charge in [-0.05, 0) is 26.7 Å². The Balaban J connectivity index is 1.79. The van der Waals surface area contributed by atoms with Gasteiger partial charge >= 0.3 is 0 Å². The number of thiazole rings is 1. The number of rotatable bonds is 7. The number of carbonyl (C=O) groups excluding carboxylic acids is 1. The van der Waals surface area contributed by atoms with E-state index in [0.717, 1.165) is 42.2 Å². The van der Waals surface area contributed by atoms with E-state index in [1.807, 2.05) is 24.7 Å². The van der Waals surface area contributed by atoms with E-state index in [-0.39, 0.29) is 5.91 Å². The van der Waals surface area contributed by atoms with Gasteiger partial charge in [-0.2, -0.15) is 5.10 Å². The molecule has 2 aromatic heterocycles. The fourth-order valence-electron chi connectivity index (χ4n) is 2.14. The Hall–Kier alpha value is -1.69. The second-order valence-electron chi connectivity index (χ2n) is 5.13. The minimum atomic E-state index is -0.0369. The summed E-state index contributed by atoms with van der Waals surface area (Å²) in [5, 5.41) is 10.5. The normalized spacial score (nSPS) is 10.8. The van der Waals surface area contributed by atoms with E-state index in [1.54, 1.807) is 11.3 Å². The molecule has 1 N–H and O–H groups in total. The number of hydrogen-bond acceptors (Lipinski definition) is 4. The number of nitrogens with one attached hydrogen (secondary N) is 1. The third-order valence-corrected chi connectivity index (χ3v) is 4.19. The fourth-order valence-corrected chi connectivity index (χ4v) is 2.96. The number of aryl methyl sites for hydroxylation is 4. The van der Waals surface area contributed by atoms with E-state index in [0.29, 0.717) is 12.1 Å². The molecule has 21 heavy (non-hydrogen) atoms. The van der Waals surface area contributed by atoms with Gasteiger partial charge in [0.15, 0.2) is 0 Å². The molecule has 5 nitrogen and oxygen atoms in total. The molecule has 0 atom stereocenters. The summed E-state index contributed by atoms with van der Waals surface area (Å²) >= 11 is 1.68. The van der Waals surface area contributed by atoms with Crippen LogP contribution in [-0.4, -0.2) is 27.2 Å². The fraction of sp³-hybridized carbons (Fsp3) is 0.533. The third-order valence-electron chi connectivity index (χ3n) is 3.16. The first-order valence-corrected chi connectivity index (χ1v) is 8.21. The highest BCUT2D eigenvalue weighted by molar-refractivity contribution is 7.09. The van der Waals surface area contributed by atoms with Gasteiger partial charge in [0, 0.05) is 36.8 Å². The number of carbonyl (C=O) groups is 1. The molecule has 1 amide bonds. The van der Waals surface area contributed by atoms with Crippen molar-refractivity contribution in [3.05, 3.63) is 33.5 Å². The minimum Gasteiger partial charge on any atom is -0.352 e. The lowest BCUT2D eigenvalue weighted by atomic mass is 10.2. The first kappa shape index (κ1) is 15.7. The number of aromatic nitrogens is 3. The molecule has 0 saturated heterocycles. The zero-order chi connectivity index (χ0) is 15.2. The molecule has 114 valence electrons. The minimum absolute atomic E-state index is 0.0369. The van der Waals surface area contributed by atoms with Crippen LogP contribution in [0.15, 0.2) is 11.6 Å². The van der Waals surface area contributed by atoms with Crippen LogP contribution in [0.25, 0.3) is 0 Å². The van der Waals surface area contributed by atoms with Gasteiger partial charge in [-0.25, -0.2) is 4.98 Å². The summed E-state index contributed by atoms with van der Waals surface area (Å²) in [7, 11) is 0. The van der Waals surface area contributed by atoms with Gasteiger partial charge in [0.05, 0.1) is 16.3 Å². The zero-order valence-electron chi connectivity index (χ0n) is 12.8. The van der Waals surface area contributed by atoms with E-state index in [9.17, 15) is 4.79 Å². The SMILES string of the molecule is CCCn1cc(C(=O)NCCCc2nc(C)cs2)c(C)n1. The van der Waals surface area contributed by atoms with Crippen molar-refractivity contribution >= 4 is 17.2 Å². The van der Waals surface area contributed by atoms with Gasteiger partial charge in [-0.3, -0.25) is 9.48 Å². The van der Waals surface area contributed by atoms with Crippen molar-refractivity contribution < 1.29 is 4.79 Å². The number of amides is 1. The largest absolute Gasteiger partial charge is 0.352 e. The first-order valence-electron chi connectivity index (χ1n) is 7.33. The van der Waals surface area contributed by atoms with Gasteiger partial charge < -0.3 is 5.32 Å². The van der Waals surface area contributed by atoms with Crippen molar-refractivity contribution in [3.63, 3.8) is 0 Å². The number of hydrogen-bond donors (Lipinski definition) is 1. The molecular weight excluding hydrogens is 284 g/mol. The lowest BCUT2D eigenvalue weighted by molar-refractivity contribution is 0.0952. The maximum atomic E-state index is 12.1. The van der Waals surface area contributed by atoms with Crippen LogP contribution in [0.2, 0.25) is 0 Å². The quantitative estimate of drug-likeness (QED) is 0.800. The van der Waals surface area contributed by atoms with Gasteiger partial charge in [0.1, 0.15) is 0 Å². The molecule has 0 aromatic carbocycles. The maximum absolute atomic E-state index is 12.1. The molecule has 0 saturated carbocycles. The van der Waals surface area contributed by atoms with Crippen LogP contribution in [-0.2, 0) is 13.0 Å². The second-order valence-corrected chi connectivity index (χ2v) is 6.08. The molecule has 0 aliphatic heterocycles. The summed E-state index contributed by atoms with van der Waals surface area (Å²) in [5.74, 6) is -0.0369. The number of nitrogens with zero attached hydrogens (tertiary/aromatic N) is 3. The van der Waals surface area contributed by atoms with E-state index >= 15 is 0 Å². The first-order chi connectivity index (χ1) is 10.1. The average molecular weight is 306 g/mol. The van der Waals surface area contributed by atoms with Crippen molar-refractivity contribution in [3.8, 4) is 0 Å². The molecule has 0 radical (unpaired) electrons. The van der Waals surface area contributed by atoms with E-state index in [2.05, 4.69) is 27.7 Å².